The van der Waals surface area contributed by atoms with Crippen LogP contribution in [0.5, 0.6) is 11.5 Å². The Bertz CT molecular complexity index is 1060. The van der Waals surface area contributed by atoms with Gasteiger partial charge in [-0.15, -0.1) is 0 Å². The lowest BCUT2D eigenvalue weighted by Gasteiger charge is -2.13. The molecule has 3 aromatic rings. The van der Waals surface area contributed by atoms with E-state index >= 15 is 0 Å². The van der Waals surface area contributed by atoms with E-state index in [4.69, 9.17) is 15.2 Å². The number of carbonyl (C=O) groups is 1. The molecule has 0 heterocycles. The quantitative estimate of drug-likeness (QED) is 0.473. The average molecular weight is 389 g/mol. The van der Waals surface area contributed by atoms with Crippen LogP contribution in [0.15, 0.2) is 71.7 Å². The molecule has 0 spiro atoms. The van der Waals surface area contributed by atoms with E-state index in [9.17, 15) is 4.79 Å². The number of anilines is 2. The van der Waals surface area contributed by atoms with E-state index in [-0.39, 0.29) is 5.91 Å². The van der Waals surface area contributed by atoms with Crippen molar-refractivity contribution in [2.24, 2.45) is 4.99 Å². The average Bonchev–Trinajstić information content (AvgIpc) is 2.75. The molecular formula is C23H23N3O3. The second-order valence-corrected chi connectivity index (χ2v) is 6.33. The Morgan fingerprint density at radius 2 is 1.62 bits per heavy atom. The van der Waals surface area contributed by atoms with Gasteiger partial charge in [-0.05, 0) is 43.3 Å². The van der Waals surface area contributed by atoms with Crippen molar-refractivity contribution in [1.29, 1.82) is 0 Å². The monoisotopic (exact) mass is 389 g/mol. The molecular weight excluding hydrogens is 366 g/mol. The smallest absolute Gasteiger partial charge is 0.255 e. The van der Waals surface area contributed by atoms with E-state index < -0.39 is 0 Å². The van der Waals surface area contributed by atoms with E-state index in [1.54, 1.807) is 31.4 Å². The first-order valence-corrected chi connectivity index (χ1v) is 9.06. The first-order valence-electron chi connectivity index (χ1n) is 9.06. The molecule has 0 saturated carbocycles. The Hall–Kier alpha value is -3.80. The number of rotatable bonds is 6. The Morgan fingerprint density at radius 3 is 2.34 bits per heavy atom. The zero-order chi connectivity index (χ0) is 20.8. The van der Waals surface area contributed by atoms with Crippen LogP contribution in [-0.2, 0) is 0 Å². The minimum atomic E-state index is -0.259. The van der Waals surface area contributed by atoms with E-state index in [0.29, 0.717) is 34.1 Å². The van der Waals surface area contributed by atoms with Crippen molar-refractivity contribution in [3.8, 4) is 11.5 Å². The summed E-state index contributed by atoms with van der Waals surface area (Å²) in [6.07, 6.45) is 0. The molecule has 0 radical (unpaired) electrons. The fraction of sp³-hybridized carbons (Fsp3) is 0.130. The molecule has 6 heteroatoms. The van der Waals surface area contributed by atoms with Gasteiger partial charge < -0.3 is 20.5 Å². The molecule has 0 aromatic heterocycles. The summed E-state index contributed by atoms with van der Waals surface area (Å²) in [5.74, 6) is 0.795. The predicted octanol–water partition coefficient (Wildman–Crippen LogP) is 4.68. The molecule has 148 valence electrons. The van der Waals surface area contributed by atoms with Gasteiger partial charge in [0.2, 0.25) is 0 Å². The Balaban J connectivity index is 1.90. The van der Waals surface area contributed by atoms with Crippen molar-refractivity contribution in [3.05, 3.63) is 77.9 Å². The lowest BCUT2D eigenvalue weighted by atomic mass is 10.1. The minimum absolute atomic E-state index is 0.259. The number of hydrogen-bond donors (Lipinski definition) is 2. The Labute approximate surface area is 170 Å². The van der Waals surface area contributed by atoms with Crippen LogP contribution in [0.3, 0.4) is 0 Å². The van der Waals surface area contributed by atoms with Gasteiger partial charge in [-0.1, -0.05) is 30.3 Å². The number of hydrogen-bond acceptors (Lipinski definition) is 5. The van der Waals surface area contributed by atoms with E-state index in [0.717, 1.165) is 11.3 Å². The predicted molar refractivity (Wildman–Crippen MR) is 117 cm³/mol. The van der Waals surface area contributed by atoms with E-state index in [1.165, 1.54) is 7.11 Å². The third-order valence-corrected chi connectivity index (χ3v) is 4.44. The Morgan fingerprint density at radius 1 is 0.931 bits per heavy atom. The summed E-state index contributed by atoms with van der Waals surface area (Å²) in [7, 11) is 3.08. The highest BCUT2D eigenvalue weighted by Crippen LogP contribution is 2.28. The molecule has 29 heavy (non-hydrogen) atoms. The first kappa shape index (κ1) is 19.9. The van der Waals surface area contributed by atoms with Crippen LogP contribution in [0.1, 0.15) is 22.8 Å². The number of nitrogens with one attached hydrogen (secondary N) is 1. The minimum Gasteiger partial charge on any atom is -0.493 e. The van der Waals surface area contributed by atoms with Crippen LogP contribution >= 0.6 is 0 Å². The summed E-state index contributed by atoms with van der Waals surface area (Å²) in [6.45, 7) is 1.88. The summed E-state index contributed by atoms with van der Waals surface area (Å²) >= 11 is 0. The van der Waals surface area contributed by atoms with Gasteiger partial charge in [-0.2, -0.15) is 0 Å². The van der Waals surface area contributed by atoms with Gasteiger partial charge in [-0.3, -0.25) is 9.79 Å². The molecule has 3 N–H and O–H groups in total. The molecule has 1 amide bonds. The summed E-state index contributed by atoms with van der Waals surface area (Å²) in [4.78, 5) is 17.4. The largest absolute Gasteiger partial charge is 0.493 e. The fourth-order valence-corrected chi connectivity index (χ4v) is 2.91. The normalized spacial score (nSPS) is 11.1. The van der Waals surface area contributed by atoms with Gasteiger partial charge in [0.25, 0.3) is 5.91 Å². The van der Waals surface area contributed by atoms with Crippen LogP contribution in [0.25, 0.3) is 0 Å². The van der Waals surface area contributed by atoms with Gasteiger partial charge in [0.05, 0.1) is 31.3 Å². The molecule has 6 nitrogen and oxygen atoms in total. The van der Waals surface area contributed by atoms with Crippen LogP contribution < -0.4 is 20.5 Å². The topological polar surface area (TPSA) is 85.9 Å². The second-order valence-electron chi connectivity index (χ2n) is 6.33. The van der Waals surface area contributed by atoms with Crippen molar-refractivity contribution in [2.75, 3.05) is 25.3 Å². The van der Waals surface area contributed by atoms with Crippen LogP contribution in [0.2, 0.25) is 0 Å². The van der Waals surface area contributed by atoms with Crippen LogP contribution in [-0.4, -0.2) is 25.8 Å². The zero-order valence-corrected chi connectivity index (χ0v) is 16.6. The third-order valence-electron chi connectivity index (χ3n) is 4.44. The van der Waals surface area contributed by atoms with Gasteiger partial charge in [0, 0.05) is 16.8 Å². The van der Waals surface area contributed by atoms with Gasteiger partial charge in [0.1, 0.15) is 0 Å². The number of para-hydroxylation sites is 3. The van der Waals surface area contributed by atoms with Crippen molar-refractivity contribution in [3.63, 3.8) is 0 Å². The summed E-state index contributed by atoms with van der Waals surface area (Å²) in [5.41, 5.74) is 9.94. The molecule has 0 aliphatic carbocycles. The number of ether oxygens (including phenoxy) is 2. The SMILES string of the molecule is COc1ccc(C(=O)Nc2ccccc2/C(C)=N/c2ccccc2N)cc1OC. The lowest BCUT2D eigenvalue weighted by molar-refractivity contribution is 0.102. The first-order chi connectivity index (χ1) is 14.0. The molecule has 0 bridgehead atoms. The number of nitrogen functional groups attached to an aromatic ring is 1. The Kier molecular flexibility index (Phi) is 6.14. The number of methoxy groups -OCH3 is 2. The van der Waals surface area contributed by atoms with Gasteiger partial charge >= 0.3 is 0 Å². The molecule has 0 atom stereocenters. The second kappa shape index (κ2) is 8.93. The van der Waals surface area contributed by atoms with Crippen molar-refractivity contribution in [1.82, 2.24) is 0 Å². The fourth-order valence-electron chi connectivity index (χ4n) is 2.91. The number of nitrogens with two attached hydrogens (primary N) is 1. The standard InChI is InChI=1S/C23H23N3O3/c1-15(25-20-11-7-5-9-18(20)24)17-8-4-6-10-19(17)26-23(27)16-12-13-21(28-2)22(14-16)29-3/h4-14H,24H2,1-3H3,(H,26,27)/b25-15+. The number of amides is 1. The number of nitrogens with zero attached hydrogens (tertiary/aromatic N) is 1. The summed E-state index contributed by atoms with van der Waals surface area (Å²) in [5, 5.41) is 2.95. The van der Waals surface area contributed by atoms with Gasteiger partial charge in [-0.25, -0.2) is 0 Å². The maximum absolute atomic E-state index is 12.8. The maximum atomic E-state index is 12.8. The molecule has 3 aromatic carbocycles. The highest BCUT2D eigenvalue weighted by molar-refractivity contribution is 6.11. The van der Waals surface area contributed by atoms with Crippen LogP contribution in [0.4, 0.5) is 17.1 Å². The van der Waals surface area contributed by atoms with E-state index in [2.05, 4.69) is 10.3 Å². The molecule has 0 aliphatic heterocycles. The number of aliphatic imine (C=N–C) groups is 1. The summed E-state index contributed by atoms with van der Waals surface area (Å²) in [6, 6.07) is 19.9. The third kappa shape index (κ3) is 4.55. The highest BCUT2D eigenvalue weighted by atomic mass is 16.5. The molecule has 3 rings (SSSR count). The van der Waals surface area contributed by atoms with Gasteiger partial charge in [0.15, 0.2) is 11.5 Å². The molecule has 0 saturated heterocycles. The van der Waals surface area contributed by atoms with Crippen molar-refractivity contribution < 1.29 is 14.3 Å². The van der Waals surface area contributed by atoms with Crippen LogP contribution in [0, 0.1) is 0 Å². The maximum Gasteiger partial charge on any atom is 0.255 e. The van der Waals surface area contributed by atoms with Crippen molar-refractivity contribution >= 4 is 28.7 Å². The highest BCUT2D eigenvalue weighted by Gasteiger charge is 2.13. The number of benzene rings is 3. The van der Waals surface area contributed by atoms with E-state index in [1.807, 2.05) is 49.4 Å². The number of carbonyl (C=O) groups excluding carboxylic acids is 1. The molecule has 0 unspecified atom stereocenters. The molecule has 0 aliphatic rings. The lowest BCUT2D eigenvalue weighted by Crippen LogP contribution is -2.14. The van der Waals surface area contributed by atoms with Crippen molar-refractivity contribution in [2.45, 2.75) is 6.92 Å². The molecule has 0 fully saturated rings. The summed E-state index contributed by atoms with van der Waals surface area (Å²) < 4.78 is 10.5. The zero-order valence-electron chi connectivity index (χ0n) is 16.6.